The predicted octanol–water partition coefficient (Wildman–Crippen LogP) is 2.95. The number of nitriles is 1. The van der Waals surface area contributed by atoms with Gasteiger partial charge in [-0.2, -0.15) is 5.26 Å². The van der Waals surface area contributed by atoms with E-state index in [-0.39, 0.29) is 0 Å². The van der Waals surface area contributed by atoms with Crippen LogP contribution in [0.4, 0.5) is 5.69 Å². The summed E-state index contributed by atoms with van der Waals surface area (Å²) in [5.41, 5.74) is 2.34. The van der Waals surface area contributed by atoms with E-state index >= 15 is 0 Å². The summed E-state index contributed by atoms with van der Waals surface area (Å²) in [5, 5.41) is 12.5. The molecule has 0 aliphatic heterocycles. The van der Waals surface area contributed by atoms with Gasteiger partial charge in [-0.15, -0.1) is 0 Å². The molecule has 0 saturated carbocycles. The van der Waals surface area contributed by atoms with Gasteiger partial charge in [-0.1, -0.05) is 11.6 Å². The van der Waals surface area contributed by atoms with Crippen LogP contribution in [0.3, 0.4) is 0 Å². The minimum Gasteiger partial charge on any atom is -0.383 e. The Labute approximate surface area is 83.1 Å². The zero-order valence-electron chi connectivity index (χ0n) is 7.69. The molecule has 0 unspecified atom stereocenters. The molecule has 0 amide bonds. The Morgan fingerprint density at radius 3 is 2.77 bits per heavy atom. The maximum atomic E-state index is 8.85. The van der Waals surface area contributed by atoms with Crippen LogP contribution in [-0.2, 0) is 0 Å². The van der Waals surface area contributed by atoms with Gasteiger partial charge in [0.25, 0.3) is 0 Å². The second kappa shape index (κ2) is 4.15. The van der Waals surface area contributed by atoms with Crippen LogP contribution in [0.15, 0.2) is 12.1 Å². The summed E-state index contributed by atoms with van der Waals surface area (Å²) in [6.45, 7) is 4.65. The summed E-state index contributed by atoms with van der Waals surface area (Å²) in [5.74, 6) is 0. The predicted molar refractivity (Wildman–Crippen MR) is 55.1 cm³/mol. The fourth-order valence-electron chi connectivity index (χ4n) is 1.19. The Bertz CT molecular complexity index is 353. The van der Waals surface area contributed by atoms with Crippen LogP contribution < -0.4 is 5.32 Å². The van der Waals surface area contributed by atoms with Gasteiger partial charge < -0.3 is 5.32 Å². The molecule has 13 heavy (non-hydrogen) atoms. The van der Waals surface area contributed by atoms with E-state index in [1.807, 2.05) is 26.0 Å². The van der Waals surface area contributed by atoms with Crippen molar-refractivity contribution in [2.45, 2.75) is 13.8 Å². The van der Waals surface area contributed by atoms with Crippen molar-refractivity contribution in [2.24, 2.45) is 0 Å². The molecule has 0 radical (unpaired) electrons. The van der Waals surface area contributed by atoms with Crippen LogP contribution in [0, 0.1) is 18.3 Å². The van der Waals surface area contributed by atoms with E-state index in [0.29, 0.717) is 10.6 Å². The molecule has 1 aromatic rings. The van der Waals surface area contributed by atoms with E-state index in [1.54, 1.807) is 0 Å². The fourth-order valence-corrected chi connectivity index (χ4v) is 1.53. The van der Waals surface area contributed by atoms with Crippen LogP contribution in [0.25, 0.3) is 0 Å². The Morgan fingerprint density at radius 1 is 1.54 bits per heavy atom. The topological polar surface area (TPSA) is 35.8 Å². The van der Waals surface area contributed by atoms with E-state index in [9.17, 15) is 0 Å². The molecule has 2 nitrogen and oxygen atoms in total. The molecule has 0 atom stereocenters. The molecule has 1 rings (SSSR count). The molecular formula is C10H11ClN2. The van der Waals surface area contributed by atoms with Crippen molar-refractivity contribution in [1.29, 1.82) is 5.26 Å². The van der Waals surface area contributed by atoms with Gasteiger partial charge in [0.1, 0.15) is 6.07 Å². The first-order valence-corrected chi connectivity index (χ1v) is 4.51. The number of nitrogens with zero attached hydrogens (tertiary/aromatic N) is 1. The molecule has 0 saturated heterocycles. The summed E-state index contributed by atoms with van der Waals surface area (Å²) in [4.78, 5) is 0. The summed E-state index contributed by atoms with van der Waals surface area (Å²) >= 11 is 5.98. The number of anilines is 1. The largest absolute Gasteiger partial charge is 0.383 e. The molecule has 0 bridgehead atoms. The van der Waals surface area contributed by atoms with E-state index in [0.717, 1.165) is 17.8 Å². The molecule has 0 aliphatic rings. The second-order valence-electron chi connectivity index (χ2n) is 2.81. The minimum absolute atomic E-state index is 0.604. The SMILES string of the molecule is CCNc1c(Cl)cc(C)cc1C#N. The van der Waals surface area contributed by atoms with Crippen molar-refractivity contribution in [2.75, 3.05) is 11.9 Å². The number of hydrogen-bond donors (Lipinski definition) is 1. The van der Waals surface area contributed by atoms with Crippen LogP contribution in [0.5, 0.6) is 0 Å². The molecular weight excluding hydrogens is 184 g/mol. The standard InChI is InChI=1S/C10H11ClN2/c1-3-13-10-8(6-12)4-7(2)5-9(10)11/h4-5,13H,3H2,1-2H3. The van der Waals surface area contributed by atoms with Crippen LogP contribution in [0.1, 0.15) is 18.1 Å². The normalized spacial score (nSPS) is 9.38. The molecule has 0 spiro atoms. The van der Waals surface area contributed by atoms with Crippen molar-refractivity contribution < 1.29 is 0 Å². The van der Waals surface area contributed by atoms with Gasteiger partial charge in [0.15, 0.2) is 0 Å². The molecule has 0 aromatic heterocycles. The molecule has 68 valence electrons. The third kappa shape index (κ3) is 2.13. The van der Waals surface area contributed by atoms with E-state index < -0.39 is 0 Å². The van der Waals surface area contributed by atoms with E-state index in [4.69, 9.17) is 16.9 Å². The van der Waals surface area contributed by atoms with E-state index in [2.05, 4.69) is 11.4 Å². The number of aryl methyl sites for hydroxylation is 1. The fraction of sp³-hybridized carbons (Fsp3) is 0.300. The van der Waals surface area contributed by atoms with Crippen LogP contribution in [-0.4, -0.2) is 6.54 Å². The number of benzene rings is 1. The summed E-state index contributed by atoms with van der Waals surface area (Å²) in [6, 6.07) is 5.79. The number of halogens is 1. The van der Waals surface area contributed by atoms with E-state index in [1.165, 1.54) is 0 Å². The quantitative estimate of drug-likeness (QED) is 0.786. The lowest BCUT2D eigenvalue weighted by Crippen LogP contribution is -2.00. The van der Waals surface area contributed by atoms with Gasteiger partial charge in [-0.05, 0) is 31.5 Å². The molecule has 1 N–H and O–H groups in total. The maximum Gasteiger partial charge on any atom is 0.101 e. The highest BCUT2D eigenvalue weighted by Gasteiger charge is 2.06. The molecule has 3 heteroatoms. The number of nitrogens with one attached hydrogen (secondary N) is 1. The molecule has 0 fully saturated rings. The smallest absolute Gasteiger partial charge is 0.101 e. The highest BCUT2D eigenvalue weighted by molar-refractivity contribution is 6.33. The summed E-state index contributed by atoms with van der Waals surface area (Å²) in [7, 11) is 0. The van der Waals surface area contributed by atoms with Crippen LogP contribution in [0.2, 0.25) is 5.02 Å². The third-order valence-electron chi connectivity index (χ3n) is 1.71. The Balaban J connectivity index is 3.23. The first-order valence-electron chi connectivity index (χ1n) is 4.13. The van der Waals surface area contributed by atoms with Crippen molar-refractivity contribution >= 4 is 17.3 Å². The number of rotatable bonds is 2. The first-order chi connectivity index (χ1) is 6.19. The maximum absolute atomic E-state index is 8.85. The van der Waals surface area contributed by atoms with Gasteiger partial charge in [-0.3, -0.25) is 0 Å². The third-order valence-corrected chi connectivity index (χ3v) is 2.01. The van der Waals surface area contributed by atoms with Gasteiger partial charge in [0, 0.05) is 6.54 Å². The highest BCUT2D eigenvalue weighted by Crippen LogP contribution is 2.26. The summed E-state index contributed by atoms with van der Waals surface area (Å²) in [6.07, 6.45) is 0. The molecule has 1 aromatic carbocycles. The summed E-state index contributed by atoms with van der Waals surface area (Å²) < 4.78 is 0. The average molecular weight is 195 g/mol. The second-order valence-corrected chi connectivity index (χ2v) is 3.22. The van der Waals surface area contributed by atoms with Crippen LogP contribution >= 0.6 is 11.6 Å². The Hall–Kier alpha value is -1.20. The lowest BCUT2D eigenvalue weighted by atomic mass is 10.1. The minimum atomic E-state index is 0.604. The van der Waals surface area contributed by atoms with Crippen molar-refractivity contribution in [3.63, 3.8) is 0 Å². The Morgan fingerprint density at radius 2 is 2.23 bits per heavy atom. The monoisotopic (exact) mass is 194 g/mol. The van der Waals surface area contributed by atoms with Gasteiger partial charge >= 0.3 is 0 Å². The molecule has 0 heterocycles. The van der Waals surface area contributed by atoms with Gasteiger partial charge in [-0.25, -0.2) is 0 Å². The van der Waals surface area contributed by atoms with Crippen molar-refractivity contribution in [3.8, 4) is 6.07 Å². The Kier molecular flexibility index (Phi) is 3.16. The zero-order chi connectivity index (χ0) is 9.84. The van der Waals surface area contributed by atoms with Crippen molar-refractivity contribution in [3.05, 3.63) is 28.3 Å². The lowest BCUT2D eigenvalue weighted by molar-refractivity contribution is 1.20. The van der Waals surface area contributed by atoms with Gasteiger partial charge in [0.2, 0.25) is 0 Å². The highest BCUT2D eigenvalue weighted by atomic mass is 35.5. The first kappa shape index (κ1) is 9.88. The average Bonchev–Trinajstić information content (AvgIpc) is 2.09. The lowest BCUT2D eigenvalue weighted by Gasteiger charge is -2.08. The molecule has 0 aliphatic carbocycles. The zero-order valence-corrected chi connectivity index (χ0v) is 8.44. The van der Waals surface area contributed by atoms with Crippen molar-refractivity contribution in [1.82, 2.24) is 0 Å². The van der Waals surface area contributed by atoms with Gasteiger partial charge in [0.05, 0.1) is 16.3 Å². The number of hydrogen-bond acceptors (Lipinski definition) is 2.